The van der Waals surface area contributed by atoms with Crippen molar-refractivity contribution < 1.29 is 22.4 Å². The number of halogens is 6. The Bertz CT molecular complexity index is 1310. The molecule has 2 aromatic heterocycles. The van der Waals surface area contributed by atoms with Gasteiger partial charge in [0.2, 0.25) is 0 Å². The number of nitrogens with one attached hydrogen (secondary N) is 1. The molecule has 31 heavy (non-hydrogen) atoms. The third kappa shape index (κ3) is 4.40. The van der Waals surface area contributed by atoms with Gasteiger partial charge in [-0.15, -0.1) is 0 Å². The van der Waals surface area contributed by atoms with Gasteiger partial charge in [0, 0.05) is 21.8 Å². The quantitative estimate of drug-likeness (QED) is 0.331. The lowest BCUT2D eigenvalue weighted by atomic mass is 10.1. The van der Waals surface area contributed by atoms with E-state index in [0.29, 0.717) is 10.1 Å². The van der Waals surface area contributed by atoms with E-state index >= 15 is 0 Å². The fourth-order valence-electron chi connectivity index (χ4n) is 2.82. The molecule has 0 fully saturated rings. The maximum absolute atomic E-state index is 13.7. The normalized spacial score (nSPS) is 11.7. The molecule has 1 N–H and O–H groups in total. The summed E-state index contributed by atoms with van der Waals surface area (Å²) in [6, 6.07) is 12.1. The van der Waals surface area contributed by atoms with Crippen molar-refractivity contribution in [3.63, 3.8) is 0 Å². The second-order valence-corrected chi connectivity index (χ2v) is 7.74. The van der Waals surface area contributed by atoms with Crippen LogP contribution in [0.3, 0.4) is 0 Å². The van der Waals surface area contributed by atoms with E-state index in [1.807, 2.05) is 0 Å². The van der Waals surface area contributed by atoms with E-state index in [9.17, 15) is 22.4 Å². The van der Waals surface area contributed by atoms with E-state index in [1.54, 1.807) is 24.3 Å². The van der Waals surface area contributed by atoms with Gasteiger partial charge in [-0.1, -0.05) is 39.7 Å². The summed E-state index contributed by atoms with van der Waals surface area (Å²) in [5.41, 5.74) is -0.976. The smallest absolute Gasteiger partial charge is 0.320 e. The molecule has 2 heterocycles. The van der Waals surface area contributed by atoms with Crippen LogP contribution in [0.5, 0.6) is 0 Å². The zero-order valence-electron chi connectivity index (χ0n) is 15.2. The molecule has 11 heteroatoms. The minimum absolute atomic E-state index is 0.0685. The second-order valence-electron chi connectivity index (χ2n) is 6.41. The van der Waals surface area contributed by atoms with Gasteiger partial charge in [0.05, 0.1) is 10.7 Å². The first kappa shape index (κ1) is 21.3. The van der Waals surface area contributed by atoms with Crippen LogP contribution in [0.15, 0.2) is 59.1 Å². The Morgan fingerprint density at radius 1 is 1.06 bits per heavy atom. The Morgan fingerprint density at radius 3 is 2.42 bits per heavy atom. The lowest BCUT2D eigenvalue weighted by Gasteiger charge is -2.11. The van der Waals surface area contributed by atoms with Crippen LogP contribution in [0, 0.1) is 5.82 Å². The van der Waals surface area contributed by atoms with E-state index in [-0.39, 0.29) is 27.7 Å². The number of hydrogen-bond donors (Lipinski definition) is 1. The summed E-state index contributed by atoms with van der Waals surface area (Å²) in [7, 11) is 0. The predicted octanol–water partition coefficient (Wildman–Crippen LogP) is 6.22. The summed E-state index contributed by atoms with van der Waals surface area (Å²) in [5, 5.41) is 6.00. The number of benzene rings is 2. The molecule has 0 atom stereocenters. The van der Waals surface area contributed by atoms with Crippen molar-refractivity contribution in [2.45, 2.75) is 6.18 Å². The number of hydrogen-bond acceptors (Lipinski definition) is 3. The molecule has 5 nitrogen and oxygen atoms in total. The molecule has 1 amide bonds. The van der Waals surface area contributed by atoms with Crippen LogP contribution in [-0.4, -0.2) is 20.5 Å². The molecule has 0 saturated heterocycles. The highest BCUT2D eigenvalue weighted by atomic mass is 79.9. The van der Waals surface area contributed by atoms with Crippen LogP contribution in [0.1, 0.15) is 16.2 Å². The molecule has 0 aliphatic carbocycles. The SMILES string of the molecule is O=C(Nc1ccc(Cl)c(F)c1)c1cc2nc(-c3ccc(Br)cc3)cc(C(F)(F)F)n2n1. The maximum atomic E-state index is 13.7. The molecule has 158 valence electrons. The van der Waals surface area contributed by atoms with Gasteiger partial charge in [0.1, 0.15) is 5.82 Å². The van der Waals surface area contributed by atoms with Crippen LogP contribution in [0.2, 0.25) is 5.02 Å². The Labute approximate surface area is 185 Å². The van der Waals surface area contributed by atoms with Crippen molar-refractivity contribution >= 4 is 44.8 Å². The molecule has 2 aromatic carbocycles. The number of anilines is 1. The number of nitrogens with zero attached hydrogens (tertiary/aromatic N) is 3. The number of carbonyl (C=O) groups excluding carboxylic acids is 1. The third-order valence-corrected chi connectivity index (χ3v) is 5.10. The Kier molecular flexibility index (Phi) is 5.44. The van der Waals surface area contributed by atoms with E-state index in [4.69, 9.17) is 11.6 Å². The third-order valence-electron chi connectivity index (χ3n) is 4.27. The van der Waals surface area contributed by atoms with E-state index in [2.05, 4.69) is 31.3 Å². The van der Waals surface area contributed by atoms with Gasteiger partial charge in [-0.05, 0) is 36.4 Å². The van der Waals surface area contributed by atoms with Gasteiger partial charge in [0.25, 0.3) is 5.91 Å². The van der Waals surface area contributed by atoms with Gasteiger partial charge in [-0.2, -0.15) is 18.3 Å². The highest BCUT2D eigenvalue weighted by Crippen LogP contribution is 2.32. The average Bonchev–Trinajstić information content (AvgIpc) is 3.14. The Balaban J connectivity index is 1.77. The van der Waals surface area contributed by atoms with Crippen LogP contribution in [-0.2, 0) is 6.18 Å². The predicted molar refractivity (Wildman–Crippen MR) is 110 cm³/mol. The molecule has 4 rings (SSSR count). The molecule has 0 spiro atoms. The molecule has 0 saturated carbocycles. The van der Waals surface area contributed by atoms with Crippen molar-refractivity contribution in [3.8, 4) is 11.3 Å². The summed E-state index contributed by atoms with van der Waals surface area (Å²) in [6.07, 6.45) is -4.75. The van der Waals surface area contributed by atoms with Crippen molar-refractivity contribution in [1.82, 2.24) is 14.6 Å². The number of amides is 1. The minimum Gasteiger partial charge on any atom is -0.320 e. The van der Waals surface area contributed by atoms with E-state index in [0.717, 1.165) is 22.7 Å². The zero-order valence-corrected chi connectivity index (χ0v) is 17.6. The first-order chi connectivity index (χ1) is 14.6. The fraction of sp³-hybridized carbons (Fsp3) is 0.0500. The average molecular weight is 514 g/mol. The van der Waals surface area contributed by atoms with Crippen molar-refractivity contribution in [3.05, 3.63) is 81.3 Å². The van der Waals surface area contributed by atoms with Crippen molar-refractivity contribution in [2.24, 2.45) is 0 Å². The minimum atomic E-state index is -4.75. The summed E-state index contributed by atoms with van der Waals surface area (Å²) < 4.78 is 55.9. The van der Waals surface area contributed by atoms with E-state index < -0.39 is 23.6 Å². The number of rotatable bonds is 3. The summed E-state index contributed by atoms with van der Waals surface area (Å²) >= 11 is 8.87. The number of carbonyl (C=O) groups is 1. The molecular weight excluding hydrogens is 504 g/mol. The molecular formula is C20H10BrClF4N4O. The largest absolute Gasteiger partial charge is 0.433 e. The summed E-state index contributed by atoms with van der Waals surface area (Å²) in [6.45, 7) is 0. The first-order valence-electron chi connectivity index (χ1n) is 8.62. The molecule has 0 aliphatic rings. The molecule has 4 aromatic rings. The molecule has 0 bridgehead atoms. The highest BCUT2D eigenvalue weighted by Gasteiger charge is 2.35. The van der Waals surface area contributed by atoms with Gasteiger partial charge in [-0.3, -0.25) is 4.79 Å². The number of fused-ring (bicyclic) bond motifs is 1. The van der Waals surface area contributed by atoms with Crippen LogP contribution < -0.4 is 5.32 Å². The van der Waals surface area contributed by atoms with Crippen LogP contribution >= 0.6 is 27.5 Å². The van der Waals surface area contributed by atoms with Gasteiger partial charge in [-0.25, -0.2) is 13.9 Å². The fourth-order valence-corrected chi connectivity index (χ4v) is 3.21. The van der Waals surface area contributed by atoms with Gasteiger partial charge < -0.3 is 5.32 Å². The lowest BCUT2D eigenvalue weighted by molar-refractivity contribution is -0.142. The van der Waals surface area contributed by atoms with Crippen molar-refractivity contribution in [1.29, 1.82) is 0 Å². The zero-order chi connectivity index (χ0) is 22.3. The Morgan fingerprint density at radius 2 is 1.77 bits per heavy atom. The first-order valence-corrected chi connectivity index (χ1v) is 9.79. The van der Waals surface area contributed by atoms with Gasteiger partial charge >= 0.3 is 6.18 Å². The van der Waals surface area contributed by atoms with Crippen molar-refractivity contribution in [2.75, 3.05) is 5.32 Å². The standard InChI is InChI=1S/C20H10BrClF4N4O/c21-11-3-1-10(2-4-11)15-8-17(20(24,25)26)30-18(28-15)9-16(29-30)19(31)27-12-5-6-13(22)14(23)7-12/h1-9H,(H,27,31). The van der Waals surface area contributed by atoms with Gasteiger partial charge in [0.15, 0.2) is 17.0 Å². The molecule has 0 unspecified atom stereocenters. The van der Waals surface area contributed by atoms with Crippen LogP contribution in [0.25, 0.3) is 16.9 Å². The second kappa shape index (κ2) is 7.93. The summed E-state index contributed by atoms with van der Waals surface area (Å²) in [4.78, 5) is 16.7. The van der Waals surface area contributed by atoms with E-state index in [1.165, 1.54) is 12.1 Å². The maximum Gasteiger partial charge on any atom is 0.433 e. The Hall–Kier alpha value is -2.98. The molecule has 0 radical (unpaired) electrons. The van der Waals surface area contributed by atoms with Crippen LogP contribution in [0.4, 0.5) is 23.2 Å². The number of alkyl halides is 3. The highest BCUT2D eigenvalue weighted by molar-refractivity contribution is 9.10. The topological polar surface area (TPSA) is 59.3 Å². The molecule has 0 aliphatic heterocycles. The number of aromatic nitrogens is 3. The lowest BCUT2D eigenvalue weighted by Crippen LogP contribution is -2.15. The monoisotopic (exact) mass is 512 g/mol. The summed E-state index contributed by atoms with van der Waals surface area (Å²) in [5.74, 6) is -1.58.